The largest absolute Gasteiger partial charge is 0.385 e. The van der Waals surface area contributed by atoms with Crippen LogP contribution in [-0.2, 0) is 4.74 Å². The van der Waals surface area contributed by atoms with Crippen molar-refractivity contribution in [2.75, 3.05) is 13.7 Å². The highest BCUT2D eigenvalue weighted by Gasteiger charge is 1.79. The van der Waals surface area contributed by atoms with Gasteiger partial charge in [0.05, 0.1) is 0 Å². The number of methoxy groups -OCH3 is 1. The molecular weight excluding hydrogens is 148 g/mol. The summed E-state index contributed by atoms with van der Waals surface area (Å²) in [6.45, 7) is 11.1. The molecule has 0 heterocycles. The molecular formula is C11H30O. The third-order valence-electron chi connectivity index (χ3n) is 0.952. The Balaban J connectivity index is -0.0000000560. The first-order chi connectivity index (χ1) is 5.41. The summed E-state index contributed by atoms with van der Waals surface area (Å²) in [5.74, 6) is 0. The number of hydrogen-bond donors (Lipinski definition) is 0. The molecule has 0 aliphatic carbocycles. The van der Waals surface area contributed by atoms with E-state index in [2.05, 4.69) is 6.92 Å². The maximum atomic E-state index is 4.84. The molecule has 0 rings (SSSR count). The molecule has 0 fully saturated rings. The van der Waals surface area contributed by atoms with E-state index in [4.69, 9.17) is 4.74 Å². The van der Waals surface area contributed by atoms with Crippen molar-refractivity contribution >= 4 is 0 Å². The highest BCUT2D eigenvalue weighted by Crippen LogP contribution is 1.91. The Morgan fingerprint density at radius 2 is 1.33 bits per heavy atom. The van der Waals surface area contributed by atoms with Crippen molar-refractivity contribution in [1.82, 2.24) is 0 Å². The summed E-state index contributed by atoms with van der Waals surface area (Å²) in [5, 5.41) is 0. The monoisotopic (exact) mass is 178 g/mol. The SMILES string of the molecule is C.CC.CC.CCCCCOC. The minimum absolute atomic E-state index is 0. The second kappa shape index (κ2) is 44.2. The van der Waals surface area contributed by atoms with Crippen molar-refractivity contribution in [1.29, 1.82) is 0 Å². The second-order valence-electron chi connectivity index (χ2n) is 1.70. The van der Waals surface area contributed by atoms with E-state index in [0.29, 0.717) is 0 Å². The van der Waals surface area contributed by atoms with E-state index in [9.17, 15) is 0 Å². The van der Waals surface area contributed by atoms with Crippen LogP contribution in [0.15, 0.2) is 0 Å². The summed E-state index contributed by atoms with van der Waals surface area (Å²) in [5.41, 5.74) is 0. The van der Waals surface area contributed by atoms with Gasteiger partial charge in [0.15, 0.2) is 0 Å². The molecule has 0 aliphatic heterocycles. The molecule has 0 aliphatic rings. The second-order valence-corrected chi connectivity index (χ2v) is 1.70. The van der Waals surface area contributed by atoms with Gasteiger partial charge in [-0.05, 0) is 6.42 Å². The standard InChI is InChI=1S/C6H14O.2C2H6.CH4/c1-3-4-5-6-7-2;2*1-2;/h3-6H2,1-2H3;2*1-2H3;1H4. The summed E-state index contributed by atoms with van der Waals surface area (Å²) in [6.07, 6.45) is 3.80. The lowest BCUT2D eigenvalue weighted by atomic mass is 10.3. The Hall–Kier alpha value is -0.0400. The molecule has 0 saturated carbocycles. The molecule has 0 aromatic carbocycles. The molecule has 0 spiro atoms. The minimum Gasteiger partial charge on any atom is -0.385 e. The summed E-state index contributed by atoms with van der Waals surface area (Å²) < 4.78 is 4.84. The molecule has 1 nitrogen and oxygen atoms in total. The van der Waals surface area contributed by atoms with Gasteiger partial charge in [-0.15, -0.1) is 0 Å². The zero-order valence-electron chi connectivity index (χ0n) is 9.24. The molecule has 80 valence electrons. The van der Waals surface area contributed by atoms with Crippen molar-refractivity contribution in [3.8, 4) is 0 Å². The van der Waals surface area contributed by atoms with Gasteiger partial charge in [-0.3, -0.25) is 0 Å². The number of unbranched alkanes of at least 4 members (excludes halogenated alkanes) is 2. The fourth-order valence-electron chi connectivity index (χ4n) is 0.496. The zero-order valence-corrected chi connectivity index (χ0v) is 9.24. The lowest BCUT2D eigenvalue weighted by Gasteiger charge is -1.92. The number of ether oxygens (including phenoxy) is 1. The van der Waals surface area contributed by atoms with Gasteiger partial charge in [-0.1, -0.05) is 54.9 Å². The molecule has 0 saturated heterocycles. The summed E-state index contributed by atoms with van der Waals surface area (Å²) in [4.78, 5) is 0. The molecule has 0 atom stereocenters. The third kappa shape index (κ3) is 51.0. The zero-order chi connectivity index (χ0) is 9.54. The van der Waals surface area contributed by atoms with Crippen LogP contribution in [0.2, 0.25) is 0 Å². The summed E-state index contributed by atoms with van der Waals surface area (Å²) in [6, 6.07) is 0. The summed E-state index contributed by atoms with van der Waals surface area (Å²) in [7, 11) is 1.75. The first-order valence-corrected chi connectivity index (χ1v) is 4.90. The molecule has 0 bridgehead atoms. The quantitative estimate of drug-likeness (QED) is 0.575. The van der Waals surface area contributed by atoms with E-state index < -0.39 is 0 Å². The fourth-order valence-corrected chi connectivity index (χ4v) is 0.496. The molecule has 0 N–H and O–H groups in total. The first-order valence-electron chi connectivity index (χ1n) is 4.90. The Morgan fingerprint density at radius 3 is 1.58 bits per heavy atom. The van der Waals surface area contributed by atoms with Gasteiger partial charge < -0.3 is 4.74 Å². The van der Waals surface area contributed by atoms with Crippen LogP contribution in [0.5, 0.6) is 0 Å². The van der Waals surface area contributed by atoms with Crippen LogP contribution >= 0.6 is 0 Å². The number of hydrogen-bond acceptors (Lipinski definition) is 1. The maximum Gasteiger partial charge on any atom is 0.0462 e. The lowest BCUT2D eigenvalue weighted by Crippen LogP contribution is -1.85. The molecule has 12 heavy (non-hydrogen) atoms. The Bertz CT molecular complexity index is 24.2. The van der Waals surface area contributed by atoms with Crippen molar-refractivity contribution < 1.29 is 4.74 Å². The van der Waals surface area contributed by atoms with E-state index in [0.717, 1.165) is 6.61 Å². The topological polar surface area (TPSA) is 9.23 Å². The Labute approximate surface area is 80.5 Å². The first kappa shape index (κ1) is 22.7. The van der Waals surface area contributed by atoms with Crippen molar-refractivity contribution in [3.63, 3.8) is 0 Å². The average Bonchev–Trinajstić information content (AvgIpc) is 2.13. The Kier molecular flexibility index (Phi) is 83.5. The minimum atomic E-state index is 0. The van der Waals surface area contributed by atoms with Crippen LogP contribution in [0.4, 0.5) is 0 Å². The van der Waals surface area contributed by atoms with E-state index >= 15 is 0 Å². The predicted molar refractivity (Wildman–Crippen MR) is 60.8 cm³/mol. The third-order valence-corrected chi connectivity index (χ3v) is 0.952. The normalized spacial score (nSPS) is 6.50. The Morgan fingerprint density at radius 1 is 0.917 bits per heavy atom. The van der Waals surface area contributed by atoms with Gasteiger partial charge in [-0.25, -0.2) is 0 Å². The van der Waals surface area contributed by atoms with Crippen molar-refractivity contribution in [2.24, 2.45) is 0 Å². The predicted octanol–water partition coefficient (Wildman–Crippen LogP) is 4.51. The van der Waals surface area contributed by atoms with Gasteiger partial charge in [0, 0.05) is 13.7 Å². The molecule has 0 unspecified atom stereocenters. The van der Waals surface area contributed by atoms with Crippen LogP contribution in [-0.4, -0.2) is 13.7 Å². The van der Waals surface area contributed by atoms with Crippen LogP contribution in [0, 0.1) is 0 Å². The van der Waals surface area contributed by atoms with Gasteiger partial charge in [0.25, 0.3) is 0 Å². The smallest absolute Gasteiger partial charge is 0.0462 e. The van der Waals surface area contributed by atoms with Gasteiger partial charge >= 0.3 is 0 Å². The van der Waals surface area contributed by atoms with E-state index in [1.54, 1.807) is 7.11 Å². The van der Waals surface area contributed by atoms with E-state index in [1.807, 2.05) is 27.7 Å². The average molecular weight is 178 g/mol. The maximum absolute atomic E-state index is 4.84. The van der Waals surface area contributed by atoms with E-state index in [-0.39, 0.29) is 7.43 Å². The van der Waals surface area contributed by atoms with Crippen LogP contribution < -0.4 is 0 Å². The van der Waals surface area contributed by atoms with Crippen LogP contribution in [0.25, 0.3) is 0 Å². The molecule has 0 aromatic rings. The van der Waals surface area contributed by atoms with Crippen molar-refractivity contribution in [2.45, 2.75) is 61.3 Å². The van der Waals surface area contributed by atoms with E-state index in [1.165, 1.54) is 19.3 Å². The highest BCUT2D eigenvalue weighted by molar-refractivity contribution is 4.32. The molecule has 0 aromatic heterocycles. The number of rotatable bonds is 4. The summed E-state index contributed by atoms with van der Waals surface area (Å²) >= 11 is 0. The molecule has 1 heteroatoms. The highest BCUT2D eigenvalue weighted by atomic mass is 16.5. The fraction of sp³-hybridized carbons (Fsp3) is 1.00. The lowest BCUT2D eigenvalue weighted by molar-refractivity contribution is 0.192. The van der Waals surface area contributed by atoms with Gasteiger partial charge in [0.2, 0.25) is 0 Å². The van der Waals surface area contributed by atoms with Gasteiger partial charge in [0.1, 0.15) is 0 Å². The molecule has 0 radical (unpaired) electrons. The van der Waals surface area contributed by atoms with Crippen LogP contribution in [0.1, 0.15) is 61.3 Å². The van der Waals surface area contributed by atoms with Crippen LogP contribution in [0.3, 0.4) is 0 Å². The van der Waals surface area contributed by atoms with Gasteiger partial charge in [-0.2, -0.15) is 0 Å². The molecule has 0 amide bonds. The van der Waals surface area contributed by atoms with Crippen molar-refractivity contribution in [3.05, 3.63) is 0 Å².